The average molecular weight is 570 g/mol. The fraction of sp³-hybridized carbons (Fsp3) is 0.452. The molecule has 0 radical (unpaired) electrons. The number of amides is 2. The van der Waals surface area contributed by atoms with Gasteiger partial charge in [0.15, 0.2) is 11.5 Å². The van der Waals surface area contributed by atoms with Crippen LogP contribution in [-0.2, 0) is 0 Å². The van der Waals surface area contributed by atoms with Gasteiger partial charge < -0.3 is 31.1 Å². The van der Waals surface area contributed by atoms with Crippen LogP contribution >= 0.6 is 0 Å². The maximum absolute atomic E-state index is 13.1. The summed E-state index contributed by atoms with van der Waals surface area (Å²) in [5.74, 6) is 0.716. The lowest BCUT2D eigenvalue weighted by Crippen LogP contribution is -2.54. The molecule has 3 aromatic rings. The second-order valence-electron chi connectivity index (χ2n) is 11.7. The van der Waals surface area contributed by atoms with Crippen molar-refractivity contribution in [1.29, 1.82) is 0 Å². The molecule has 2 atom stereocenters. The van der Waals surface area contributed by atoms with Crippen molar-refractivity contribution in [2.24, 2.45) is 5.73 Å². The number of hydrogen-bond acceptors (Lipinski definition) is 9. The molecule has 220 valence electrons. The molecule has 3 fully saturated rings. The molecule has 1 aromatic carbocycles. The standard InChI is InChI=1S/C31H39N9O2/c1-20-25(36-31(42)22-7-12-26(33-18-22)21-5-6-21)4-3-13-40(20)27-19-34-28(29(32)41)30(37-27)35-23-8-10-24(11-9-23)39-16-14-38(2)15-17-39/h7-12,18-21,25H,3-6,13-17H2,1-2H3,(H2,32,41)(H,35,37)(H,36,42)/t20-,25-/m1/s1. The lowest BCUT2D eigenvalue weighted by molar-refractivity contribution is 0.0923. The van der Waals surface area contributed by atoms with Crippen molar-refractivity contribution in [3.05, 3.63) is 65.7 Å². The van der Waals surface area contributed by atoms with Crippen LogP contribution in [-0.4, -0.2) is 83.5 Å². The molecule has 0 unspecified atom stereocenters. The number of likely N-dealkylation sites (N-methyl/N-ethyl adjacent to an activating group) is 1. The first-order chi connectivity index (χ1) is 20.4. The predicted molar refractivity (Wildman–Crippen MR) is 163 cm³/mol. The summed E-state index contributed by atoms with van der Waals surface area (Å²) < 4.78 is 0. The van der Waals surface area contributed by atoms with Crippen LogP contribution in [0.4, 0.5) is 23.0 Å². The normalized spacial score (nSPS) is 21.2. The summed E-state index contributed by atoms with van der Waals surface area (Å²) in [6, 6.07) is 11.8. The van der Waals surface area contributed by atoms with Crippen molar-refractivity contribution < 1.29 is 9.59 Å². The number of primary amides is 1. The molecular formula is C31H39N9O2. The van der Waals surface area contributed by atoms with E-state index in [1.54, 1.807) is 12.4 Å². The van der Waals surface area contributed by atoms with Crippen molar-refractivity contribution in [3.8, 4) is 0 Å². The van der Waals surface area contributed by atoms with Crippen LogP contribution < -0.4 is 26.2 Å². The monoisotopic (exact) mass is 569 g/mol. The Hall–Kier alpha value is -4.25. The van der Waals surface area contributed by atoms with E-state index in [1.165, 1.54) is 12.8 Å². The predicted octanol–water partition coefficient (Wildman–Crippen LogP) is 3.13. The molecule has 4 N–H and O–H groups in total. The maximum Gasteiger partial charge on any atom is 0.271 e. The van der Waals surface area contributed by atoms with Crippen LogP contribution in [0.25, 0.3) is 0 Å². The zero-order valence-electron chi connectivity index (χ0n) is 24.3. The highest BCUT2D eigenvalue weighted by atomic mass is 16.2. The van der Waals surface area contributed by atoms with Crippen LogP contribution in [0, 0.1) is 0 Å². The van der Waals surface area contributed by atoms with Crippen molar-refractivity contribution in [2.75, 3.05) is 54.9 Å². The summed E-state index contributed by atoms with van der Waals surface area (Å²) in [4.78, 5) is 45.8. The summed E-state index contributed by atoms with van der Waals surface area (Å²) >= 11 is 0. The SMILES string of the molecule is C[C@@H]1[C@H](NC(=O)c2ccc(C3CC3)nc2)CCCN1c1cnc(C(N)=O)c(Nc2ccc(N3CCN(C)CC3)cc2)n1. The van der Waals surface area contributed by atoms with E-state index in [-0.39, 0.29) is 23.7 Å². The maximum atomic E-state index is 13.1. The molecule has 1 saturated carbocycles. The summed E-state index contributed by atoms with van der Waals surface area (Å²) in [5, 5.41) is 6.47. The van der Waals surface area contributed by atoms with E-state index < -0.39 is 5.91 Å². The molecule has 6 rings (SSSR count). The van der Waals surface area contributed by atoms with Gasteiger partial charge in [0.2, 0.25) is 0 Å². The Labute approximate surface area is 246 Å². The third-order valence-electron chi connectivity index (χ3n) is 8.63. The van der Waals surface area contributed by atoms with Crippen LogP contribution in [0.1, 0.15) is 65.1 Å². The molecule has 4 heterocycles. The summed E-state index contributed by atoms with van der Waals surface area (Å²) in [6.45, 7) is 6.88. The fourth-order valence-electron chi connectivity index (χ4n) is 5.81. The first kappa shape index (κ1) is 27.9. The van der Waals surface area contributed by atoms with Gasteiger partial charge in [-0.15, -0.1) is 0 Å². The number of carbonyl (C=O) groups is 2. The molecular weight excluding hydrogens is 530 g/mol. The molecule has 0 bridgehead atoms. The highest BCUT2D eigenvalue weighted by Gasteiger charge is 2.31. The van der Waals surface area contributed by atoms with Crippen molar-refractivity contribution in [3.63, 3.8) is 0 Å². The number of nitrogens with two attached hydrogens (primary N) is 1. The van der Waals surface area contributed by atoms with Crippen LogP contribution in [0.2, 0.25) is 0 Å². The minimum absolute atomic E-state index is 0.0363. The topological polar surface area (TPSA) is 133 Å². The van der Waals surface area contributed by atoms with Crippen molar-refractivity contribution >= 4 is 34.8 Å². The van der Waals surface area contributed by atoms with Gasteiger partial charge in [-0.1, -0.05) is 0 Å². The highest BCUT2D eigenvalue weighted by molar-refractivity contribution is 5.96. The van der Waals surface area contributed by atoms with Gasteiger partial charge >= 0.3 is 0 Å². The number of rotatable bonds is 8. The van der Waals surface area contributed by atoms with Gasteiger partial charge in [-0.2, -0.15) is 0 Å². The van der Waals surface area contributed by atoms with E-state index in [0.717, 1.165) is 62.6 Å². The van der Waals surface area contributed by atoms with Crippen LogP contribution in [0.15, 0.2) is 48.8 Å². The Morgan fingerprint density at radius 3 is 2.36 bits per heavy atom. The number of nitrogens with one attached hydrogen (secondary N) is 2. The molecule has 42 heavy (non-hydrogen) atoms. The Balaban J connectivity index is 1.15. The zero-order chi connectivity index (χ0) is 29.2. The Kier molecular flexibility index (Phi) is 7.92. The number of aromatic nitrogens is 3. The number of nitrogens with zero attached hydrogens (tertiary/aromatic N) is 6. The Morgan fingerprint density at radius 2 is 1.69 bits per heavy atom. The average Bonchev–Trinajstić information content (AvgIpc) is 3.85. The van der Waals surface area contributed by atoms with E-state index in [4.69, 9.17) is 10.7 Å². The summed E-state index contributed by atoms with van der Waals surface area (Å²) in [6.07, 6.45) is 7.36. The number of piperazine rings is 1. The molecule has 11 nitrogen and oxygen atoms in total. The summed E-state index contributed by atoms with van der Waals surface area (Å²) in [7, 11) is 2.14. The lowest BCUT2D eigenvalue weighted by Gasteiger charge is -2.40. The fourth-order valence-corrected chi connectivity index (χ4v) is 5.81. The van der Waals surface area contributed by atoms with Crippen LogP contribution in [0.5, 0.6) is 0 Å². The van der Waals surface area contributed by atoms with Gasteiger partial charge in [0.05, 0.1) is 11.8 Å². The van der Waals surface area contributed by atoms with Crippen molar-refractivity contribution in [1.82, 2.24) is 25.2 Å². The number of pyridine rings is 1. The molecule has 3 aliphatic rings. The Bertz CT molecular complexity index is 1420. The smallest absolute Gasteiger partial charge is 0.271 e. The van der Waals surface area contributed by atoms with Gasteiger partial charge in [0.25, 0.3) is 11.8 Å². The van der Waals surface area contributed by atoms with E-state index >= 15 is 0 Å². The van der Waals surface area contributed by atoms with E-state index in [9.17, 15) is 9.59 Å². The molecule has 0 spiro atoms. The minimum Gasteiger partial charge on any atom is -0.369 e. The number of benzene rings is 1. The first-order valence-corrected chi connectivity index (χ1v) is 14.9. The van der Waals surface area contributed by atoms with Crippen molar-refractivity contribution in [2.45, 2.75) is 50.6 Å². The lowest BCUT2D eigenvalue weighted by atomic mass is 9.97. The number of anilines is 4. The van der Waals surface area contributed by atoms with Gasteiger partial charge in [-0.05, 0) is 76.1 Å². The second-order valence-corrected chi connectivity index (χ2v) is 11.7. The molecule has 2 amide bonds. The minimum atomic E-state index is -0.649. The first-order valence-electron chi connectivity index (χ1n) is 14.9. The van der Waals surface area contributed by atoms with E-state index in [1.807, 2.05) is 24.3 Å². The van der Waals surface area contributed by atoms with Crippen LogP contribution in [0.3, 0.4) is 0 Å². The highest BCUT2D eigenvalue weighted by Crippen LogP contribution is 2.38. The number of piperidine rings is 1. The van der Waals surface area contributed by atoms with Gasteiger partial charge in [0.1, 0.15) is 5.82 Å². The molecule has 2 saturated heterocycles. The number of carbonyl (C=O) groups excluding carboxylic acids is 2. The molecule has 1 aliphatic carbocycles. The molecule has 2 aliphatic heterocycles. The Morgan fingerprint density at radius 1 is 0.929 bits per heavy atom. The molecule has 11 heteroatoms. The summed E-state index contributed by atoms with van der Waals surface area (Å²) in [5.41, 5.74) is 9.33. The van der Waals surface area contributed by atoms with E-state index in [2.05, 4.69) is 61.4 Å². The van der Waals surface area contributed by atoms with Gasteiger partial charge in [-0.25, -0.2) is 9.97 Å². The second kappa shape index (κ2) is 11.9. The van der Waals surface area contributed by atoms with E-state index in [0.29, 0.717) is 23.1 Å². The van der Waals surface area contributed by atoms with Gasteiger partial charge in [-0.3, -0.25) is 14.6 Å². The number of hydrogen-bond donors (Lipinski definition) is 3. The molecule has 2 aromatic heterocycles. The zero-order valence-corrected chi connectivity index (χ0v) is 24.3. The largest absolute Gasteiger partial charge is 0.369 e. The third kappa shape index (κ3) is 6.15. The third-order valence-corrected chi connectivity index (χ3v) is 8.63. The van der Waals surface area contributed by atoms with Gasteiger partial charge in [0, 0.05) is 74.0 Å². The quantitative estimate of drug-likeness (QED) is 0.374.